The summed E-state index contributed by atoms with van der Waals surface area (Å²) in [6.45, 7) is 2.15. The molecule has 0 aliphatic carbocycles. The minimum atomic E-state index is 0.724. The van der Waals surface area contributed by atoms with Crippen LogP contribution in [-0.4, -0.2) is 4.98 Å². The molecule has 2 nitrogen and oxygen atoms in total. The summed E-state index contributed by atoms with van der Waals surface area (Å²) in [7, 11) is 0. The molecule has 1 heterocycles. The first kappa shape index (κ1) is 14.1. The molecule has 0 bridgehead atoms. The van der Waals surface area contributed by atoms with Crippen LogP contribution < -0.4 is 5.32 Å². The molecule has 3 rings (SSSR count). The van der Waals surface area contributed by atoms with E-state index in [4.69, 9.17) is 11.6 Å². The van der Waals surface area contributed by atoms with E-state index in [1.54, 1.807) is 11.3 Å². The molecule has 1 N–H and O–H groups in total. The molecule has 0 saturated heterocycles. The van der Waals surface area contributed by atoms with Gasteiger partial charge in [-0.3, -0.25) is 0 Å². The van der Waals surface area contributed by atoms with Gasteiger partial charge in [0.2, 0.25) is 0 Å². The summed E-state index contributed by atoms with van der Waals surface area (Å²) in [6, 6.07) is 16.2. The Bertz CT molecular complexity index is 735. The van der Waals surface area contributed by atoms with Crippen molar-refractivity contribution in [1.82, 2.24) is 4.98 Å². The summed E-state index contributed by atoms with van der Waals surface area (Å²) < 4.78 is 0. The Labute approximate surface area is 133 Å². The summed E-state index contributed by atoms with van der Waals surface area (Å²) in [5.74, 6) is 0. The van der Waals surface area contributed by atoms with E-state index in [0.29, 0.717) is 0 Å². The van der Waals surface area contributed by atoms with Gasteiger partial charge < -0.3 is 5.32 Å². The molecule has 106 valence electrons. The van der Waals surface area contributed by atoms with Gasteiger partial charge in [-0.05, 0) is 30.2 Å². The van der Waals surface area contributed by atoms with E-state index in [-0.39, 0.29) is 0 Å². The molecule has 1 aromatic heterocycles. The van der Waals surface area contributed by atoms with Crippen molar-refractivity contribution < 1.29 is 0 Å². The van der Waals surface area contributed by atoms with Gasteiger partial charge in [-0.25, -0.2) is 4.98 Å². The van der Waals surface area contributed by atoms with Crippen LogP contribution in [0.15, 0.2) is 53.9 Å². The van der Waals surface area contributed by atoms with Crippen molar-refractivity contribution in [2.24, 2.45) is 0 Å². The Morgan fingerprint density at radius 1 is 1.10 bits per heavy atom. The minimum Gasteiger partial charge on any atom is -0.332 e. The van der Waals surface area contributed by atoms with E-state index in [1.807, 2.05) is 29.6 Å². The van der Waals surface area contributed by atoms with Crippen LogP contribution in [0.3, 0.4) is 0 Å². The van der Waals surface area contributed by atoms with Crippen molar-refractivity contribution in [2.45, 2.75) is 13.3 Å². The van der Waals surface area contributed by atoms with Crippen molar-refractivity contribution >= 4 is 33.8 Å². The maximum absolute atomic E-state index is 6.21. The first-order valence-corrected chi connectivity index (χ1v) is 8.08. The quantitative estimate of drug-likeness (QED) is 0.661. The van der Waals surface area contributed by atoms with Crippen LogP contribution in [0.1, 0.15) is 12.5 Å². The fourth-order valence-electron chi connectivity index (χ4n) is 2.07. The van der Waals surface area contributed by atoms with Gasteiger partial charge >= 0.3 is 0 Å². The monoisotopic (exact) mass is 314 g/mol. The molecule has 0 unspecified atom stereocenters. The molecule has 0 aliphatic heterocycles. The number of aromatic nitrogens is 1. The van der Waals surface area contributed by atoms with Gasteiger partial charge in [0.05, 0.1) is 5.69 Å². The smallest absolute Gasteiger partial charge is 0.187 e. The van der Waals surface area contributed by atoms with Gasteiger partial charge in [-0.1, -0.05) is 48.9 Å². The number of anilines is 2. The number of nitrogens with zero attached hydrogens (tertiary/aromatic N) is 1. The third-order valence-corrected chi connectivity index (χ3v) is 4.35. The molecule has 0 spiro atoms. The lowest BCUT2D eigenvalue weighted by Gasteiger charge is -2.03. The van der Waals surface area contributed by atoms with E-state index in [0.717, 1.165) is 33.5 Å². The lowest BCUT2D eigenvalue weighted by molar-refractivity contribution is 1.14. The third kappa shape index (κ3) is 3.26. The molecular formula is C17H15ClN2S. The van der Waals surface area contributed by atoms with E-state index in [9.17, 15) is 0 Å². The van der Waals surface area contributed by atoms with Gasteiger partial charge in [0.1, 0.15) is 0 Å². The van der Waals surface area contributed by atoms with Gasteiger partial charge in [0.25, 0.3) is 0 Å². The second kappa shape index (κ2) is 6.29. The van der Waals surface area contributed by atoms with Crippen LogP contribution >= 0.6 is 22.9 Å². The first-order chi connectivity index (χ1) is 10.3. The predicted molar refractivity (Wildman–Crippen MR) is 91.7 cm³/mol. The summed E-state index contributed by atoms with van der Waals surface area (Å²) in [5, 5.41) is 6.94. The molecule has 0 amide bonds. The molecule has 0 atom stereocenters. The van der Waals surface area contributed by atoms with E-state index >= 15 is 0 Å². The van der Waals surface area contributed by atoms with Crippen LogP contribution in [0.4, 0.5) is 10.8 Å². The maximum Gasteiger partial charge on any atom is 0.187 e. The lowest BCUT2D eigenvalue weighted by atomic mass is 10.1. The number of thiazole rings is 1. The summed E-state index contributed by atoms with van der Waals surface area (Å²) >= 11 is 7.78. The van der Waals surface area contributed by atoms with Crippen LogP contribution in [0.5, 0.6) is 0 Å². The second-order valence-corrected chi connectivity index (χ2v) is 5.96. The number of nitrogens with one attached hydrogen (secondary N) is 1. The van der Waals surface area contributed by atoms with E-state index in [1.165, 1.54) is 5.56 Å². The number of halogens is 1. The normalized spacial score (nSPS) is 10.6. The second-order valence-electron chi connectivity index (χ2n) is 4.69. The number of rotatable bonds is 4. The SMILES string of the molecule is CCc1ccc(Nc2nc(-c3ccccc3Cl)cs2)cc1. The first-order valence-electron chi connectivity index (χ1n) is 6.82. The highest BCUT2D eigenvalue weighted by Gasteiger charge is 2.07. The summed E-state index contributed by atoms with van der Waals surface area (Å²) in [6.07, 6.45) is 1.05. The summed E-state index contributed by atoms with van der Waals surface area (Å²) in [5.41, 5.74) is 4.24. The van der Waals surface area contributed by atoms with Gasteiger partial charge in [-0.2, -0.15) is 0 Å². The zero-order valence-corrected chi connectivity index (χ0v) is 13.2. The summed E-state index contributed by atoms with van der Waals surface area (Å²) in [4.78, 5) is 4.60. The zero-order valence-electron chi connectivity index (χ0n) is 11.6. The molecule has 0 fully saturated rings. The largest absolute Gasteiger partial charge is 0.332 e. The number of aryl methyl sites for hydroxylation is 1. The Morgan fingerprint density at radius 2 is 1.86 bits per heavy atom. The van der Waals surface area contributed by atoms with Crippen molar-refractivity contribution in [3.63, 3.8) is 0 Å². The van der Waals surface area contributed by atoms with Crippen molar-refractivity contribution in [2.75, 3.05) is 5.32 Å². The Morgan fingerprint density at radius 3 is 2.57 bits per heavy atom. The topological polar surface area (TPSA) is 24.9 Å². The highest BCUT2D eigenvalue weighted by molar-refractivity contribution is 7.14. The Kier molecular flexibility index (Phi) is 4.23. The average Bonchev–Trinajstić information content (AvgIpc) is 2.97. The molecule has 2 aromatic carbocycles. The highest BCUT2D eigenvalue weighted by atomic mass is 35.5. The zero-order chi connectivity index (χ0) is 14.7. The van der Waals surface area contributed by atoms with E-state index < -0.39 is 0 Å². The molecule has 0 radical (unpaired) electrons. The van der Waals surface area contributed by atoms with Crippen LogP contribution in [-0.2, 0) is 6.42 Å². The fraction of sp³-hybridized carbons (Fsp3) is 0.118. The fourth-order valence-corrected chi connectivity index (χ4v) is 3.03. The molecule has 0 aliphatic rings. The highest BCUT2D eigenvalue weighted by Crippen LogP contribution is 2.31. The molecule has 3 aromatic rings. The number of benzene rings is 2. The van der Waals surface area contributed by atoms with Crippen LogP contribution in [0.2, 0.25) is 5.02 Å². The number of hydrogen-bond acceptors (Lipinski definition) is 3. The Balaban J connectivity index is 1.80. The standard InChI is InChI=1S/C17H15ClN2S/c1-2-12-7-9-13(10-8-12)19-17-20-16(11-21-17)14-5-3-4-6-15(14)18/h3-11H,2H2,1H3,(H,19,20). The van der Waals surface area contributed by atoms with Gasteiger partial charge in [0, 0.05) is 21.7 Å². The van der Waals surface area contributed by atoms with Crippen LogP contribution in [0, 0.1) is 0 Å². The van der Waals surface area contributed by atoms with E-state index in [2.05, 4.69) is 41.5 Å². The molecule has 4 heteroatoms. The molecular weight excluding hydrogens is 300 g/mol. The Hall–Kier alpha value is -1.84. The predicted octanol–water partition coefficient (Wildman–Crippen LogP) is 5.77. The van der Waals surface area contributed by atoms with Crippen LogP contribution in [0.25, 0.3) is 11.3 Å². The van der Waals surface area contributed by atoms with Crippen molar-refractivity contribution in [3.05, 3.63) is 64.5 Å². The number of hydrogen-bond donors (Lipinski definition) is 1. The molecule has 0 saturated carbocycles. The average molecular weight is 315 g/mol. The van der Waals surface area contributed by atoms with Crippen molar-refractivity contribution in [3.8, 4) is 11.3 Å². The van der Waals surface area contributed by atoms with Crippen molar-refractivity contribution in [1.29, 1.82) is 0 Å². The lowest BCUT2D eigenvalue weighted by Crippen LogP contribution is -1.90. The maximum atomic E-state index is 6.21. The minimum absolute atomic E-state index is 0.724. The van der Waals surface area contributed by atoms with Gasteiger partial charge in [-0.15, -0.1) is 11.3 Å². The van der Waals surface area contributed by atoms with Gasteiger partial charge in [0.15, 0.2) is 5.13 Å². The third-order valence-electron chi connectivity index (χ3n) is 3.27. The molecule has 21 heavy (non-hydrogen) atoms.